The maximum absolute atomic E-state index is 9.19. The highest BCUT2D eigenvalue weighted by molar-refractivity contribution is 7.85. The average molecular weight is 321 g/mol. The van der Waals surface area contributed by atoms with E-state index in [4.69, 9.17) is 4.55 Å². The summed E-state index contributed by atoms with van der Waals surface area (Å²) in [5.41, 5.74) is 2.72. The predicted octanol–water partition coefficient (Wildman–Crippen LogP) is 1.47. The lowest BCUT2D eigenvalue weighted by atomic mass is 10.2. The Hall–Kier alpha value is -2.52. The fourth-order valence-corrected chi connectivity index (χ4v) is 1.68. The van der Waals surface area contributed by atoms with Gasteiger partial charge in [0.15, 0.2) is 11.5 Å². The molecule has 0 aliphatic carbocycles. The van der Waals surface area contributed by atoms with Gasteiger partial charge in [0.25, 0.3) is 10.1 Å². The van der Waals surface area contributed by atoms with Crippen molar-refractivity contribution in [2.45, 2.75) is 6.54 Å². The van der Waals surface area contributed by atoms with Crippen molar-refractivity contribution in [3.8, 4) is 0 Å². The van der Waals surface area contributed by atoms with Crippen molar-refractivity contribution in [1.29, 1.82) is 0 Å². The summed E-state index contributed by atoms with van der Waals surface area (Å²) in [6.45, 7) is 0.728. The largest absolute Gasteiger partial charge is 0.364 e. The third-order valence-electron chi connectivity index (χ3n) is 2.53. The topological polar surface area (TPSA) is 121 Å². The van der Waals surface area contributed by atoms with E-state index in [1.807, 2.05) is 18.2 Å². The van der Waals surface area contributed by atoms with Crippen LogP contribution in [0, 0.1) is 0 Å². The molecule has 1 aromatic carbocycles. The van der Waals surface area contributed by atoms with Crippen LogP contribution in [-0.4, -0.2) is 39.2 Å². The molecule has 0 fully saturated rings. The number of anilines is 1. The molecule has 0 atom stereocenters. The summed E-state index contributed by atoms with van der Waals surface area (Å²) < 4.78 is 25.9. The molecule has 3 rings (SSSR count). The molecule has 0 aliphatic heterocycles. The first-order chi connectivity index (χ1) is 10.4. The Kier molecular flexibility index (Phi) is 5.02. The van der Waals surface area contributed by atoms with Gasteiger partial charge in [-0.3, -0.25) is 4.55 Å². The molecule has 116 valence electrons. The smallest absolute Gasteiger partial charge is 0.261 e. The van der Waals surface area contributed by atoms with Gasteiger partial charge in [-0.2, -0.15) is 8.42 Å². The van der Waals surface area contributed by atoms with Crippen molar-refractivity contribution in [3.63, 3.8) is 0 Å². The molecule has 2 heterocycles. The quantitative estimate of drug-likeness (QED) is 0.624. The number of rotatable bonds is 3. The van der Waals surface area contributed by atoms with Crippen LogP contribution in [-0.2, 0) is 16.7 Å². The van der Waals surface area contributed by atoms with Crippen LogP contribution in [0.25, 0.3) is 11.2 Å². The van der Waals surface area contributed by atoms with Crippen molar-refractivity contribution in [1.82, 2.24) is 19.9 Å². The molecule has 0 saturated heterocycles. The van der Waals surface area contributed by atoms with Gasteiger partial charge in [-0.25, -0.2) is 15.0 Å². The SMILES string of the molecule is CS(=O)(=O)O.c1ccc(CNc2ncnc3nc[nH]c23)cc1. The number of imidazole rings is 1. The summed E-state index contributed by atoms with van der Waals surface area (Å²) in [6.07, 6.45) is 3.84. The molecule has 2 aromatic heterocycles. The number of hydrogen-bond donors (Lipinski definition) is 3. The maximum Gasteiger partial charge on any atom is 0.261 e. The summed E-state index contributed by atoms with van der Waals surface area (Å²) in [7, 11) is -3.67. The van der Waals surface area contributed by atoms with E-state index in [0.29, 0.717) is 11.9 Å². The number of H-pyrrole nitrogens is 1. The van der Waals surface area contributed by atoms with Crippen LogP contribution in [0.5, 0.6) is 0 Å². The van der Waals surface area contributed by atoms with E-state index >= 15 is 0 Å². The van der Waals surface area contributed by atoms with Crippen molar-refractivity contribution < 1.29 is 13.0 Å². The highest BCUT2D eigenvalue weighted by Gasteiger charge is 2.04. The Balaban J connectivity index is 0.000000309. The molecular weight excluding hydrogens is 306 g/mol. The lowest BCUT2D eigenvalue weighted by Crippen LogP contribution is -2.02. The number of fused-ring (bicyclic) bond motifs is 1. The highest BCUT2D eigenvalue weighted by atomic mass is 32.2. The van der Waals surface area contributed by atoms with Crippen molar-refractivity contribution in [2.24, 2.45) is 0 Å². The van der Waals surface area contributed by atoms with E-state index < -0.39 is 10.1 Å². The Labute approximate surface area is 127 Å². The molecule has 0 bridgehead atoms. The Bertz CT molecular complexity index is 825. The summed E-state index contributed by atoms with van der Waals surface area (Å²) in [4.78, 5) is 15.4. The van der Waals surface area contributed by atoms with Crippen LogP contribution in [0.4, 0.5) is 5.82 Å². The summed E-state index contributed by atoms with van der Waals surface area (Å²) >= 11 is 0. The Morgan fingerprint density at radius 3 is 2.55 bits per heavy atom. The molecule has 3 N–H and O–H groups in total. The van der Waals surface area contributed by atoms with Gasteiger partial charge in [-0.1, -0.05) is 30.3 Å². The van der Waals surface area contributed by atoms with Crippen molar-refractivity contribution in [3.05, 3.63) is 48.5 Å². The molecule has 22 heavy (non-hydrogen) atoms. The van der Waals surface area contributed by atoms with Crippen LogP contribution < -0.4 is 5.32 Å². The number of aromatic amines is 1. The fourth-order valence-electron chi connectivity index (χ4n) is 1.68. The average Bonchev–Trinajstić information content (AvgIpc) is 2.93. The molecule has 0 saturated carbocycles. The van der Waals surface area contributed by atoms with Crippen molar-refractivity contribution in [2.75, 3.05) is 11.6 Å². The number of benzene rings is 1. The molecular formula is C13H15N5O3S. The van der Waals surface area contributed by atoms with E-state index in [1.165, 1.54) is 11.9 Å². The second-order valence-corrected chi connectivity index (χ2v) is 5.86. The van der Waals surface area contributed by atoms with E-state index in [1.54, 1.807) is 6.33 Å². The van der Waals surface area contributed by atoms with Gasteiger partial charge in [0.2, 0.25) is 0 Å². The number of hydrogen-bond acceptors (Lipinski definition) is 6. The molecule has 0 amide bonds. The summed E-state index contributed by atoms with van der Waals surface area (Å²) in [5.74, 6) is 0.774. The van der Waals surface area contributed by atoms with Gasteiger partial charge in [0.1, 0.15) is 11.8 Å². The fraction of sp³-hybridized carbons (Fsp3) is 0.154. The number of nitrogens with one attached hydrogen (secondary N) is 2. The summed E-state index contributed by atoms with van der Waals surface area (Å²) in [6, 6.07) is 10.2. The minimum Gasteiger partial charge on any atom is -0.364 e. The van der Waals surface area contributed by atoms with Crippen LogP contribution in [0.15, 0.2) is 43.0 Å². The van der Waals surface area contributed by atoms with Gasteiger partial charge < -0.3 is 10.3 Å². The van der Waals surface area contributed by atoms with Gasteiger partial charge >= 0.3 is 0 Å². The first-order valence-electron chi connectivity index (χ1n) is 6.28. The molecule has 0 aliphatic rings. The zero-order chi connectivity index (χ0) is 16.0. The molecule has 9 heteroatoms. The Morgan fingerprint density at radius 2 is 1.86 bits per heavy atom. The van der Waals surface area contributed by atoms with Crippen LogP contribution in [0.1, 0.15) is 5.56 Å². The lowest BCUT2D eigenvalue weighted by Gasteiger charge is -2.05. The molecule has 0 spiro atoms. The third-order valence-corrected chi connectivity index (χ3v) is 2.53. The standard InChI is InChI=1S/C12H11N5.CH4O3S/c1-2-4-9(5-3-1)6-13-11-10-12(15-7-14-10)17-8-16-11;1-5(2,3)4/h1-5,7-8H,6H2,(H2,13,14,15,16,17);1H3,(H,2,3,4). The lowest BCUT2D eigenvalue weighted by molar-refractivity contribution is 0.490. The zero-order valence-corrected chi connectivity index (χ0v) is 12.6. The minimum atomic E-state index is -3.67. The van der Waals surface area contributed by atoms with E-state index in [0.717, 1.165) is 17.9 Å². The van der Waals surface area contributed by atoms with Gasteiger partial charge in [-0.05, 0) is 5.56 Å². The van der Waals surface area contributed by atoms with E-state index in [-0.39, 0.29) is 0 Å². The second-order valence-electron chi connectivity index (χ2n) is 4.40. The normalized spacial score (nSPS) is 10.8. The third kappa shape index (κ3) is 5.11. The van der Waals surface area contributed by atoms with E-state index in [2.05, 4.69) is 37.4 Å². The molecule has 3 aromatic rings. The first-order valence-corrected chi connectivity index (χ1v) is 8.12. The van der Waals surface area contributed by atoms with Crippen LogP contribution in [0.3, 0.4) is 0 Å². The molecule has 0 unspecified atom stereocenters. The minimum absolute atomic E-state index is 0.676. The number of nitrogens with zero attached hydrogens (tertiary/aromatic N) is 3. The zero-order valence-electron chi connectivity index (χ0n) is 11.8. The van der Waals surface area contributed by atoms with E-state index in [9.17, 15) is 8.42 Å². The predicted molar refractivity (Wildman–Crippen MR) is 82.9 cm³/mol. The monoisotopic (exact) mass is 321 g/mol. The van der Waals surface area contributed by atoms with Crippen LogP contribution >= 0.6 is 0 Å². The molecule has 0 radical (unpaired) electrons. The van der Waals surface area contributed by atoms with Crippen LogP contribution in [0.2, 0.25) is 0 Å². The highest BCUT2D eigenvalue weighted by Crippen LogP contribution is 2.15. The first kappa shape index (κ1) is 15.9. The van der Waals surface area contributed by atoms with Crippen molar-refractivity contribution >= 4 is 27.1 Å². The second kappa shape index (κ2) is 6.96. The maximum atomic E-state index is 9.19. The summed E-state index contributed by atoms with van der Waals surface area (Å²) in [5, 5.41) is 3.27. The number of aromatic nitrogens is 4. The molecule has 8 nitrogen and oxygen atoms in total. The van der Waals surface area contributed by atoms with Gasteiger partial charge in [-0.15, -0.1) is 0 Å². The van der Waals surface area contributed by atoms with Gasteiger partial charge in [0.05, 0.1) is 12.6 Å². The van der Waals surface area contributed by atoms with Gasteiger partial charge in [0, 0.05) is 6.54 Å². The Morgan fingerprint density at radius 1 is 1.18 bits per heavy atom.